The SMILES string of the molecule is NC(=O)n1cc(NC(=O)N2C3CC3C[C@H]2C(=O)CCc2cnc(Cl)s2)c2ccccc21. The van der Waals surface area contributed by atoms with E-state index >= 15 is 0 Å². The molecule has 1 aromatic carbocycles. The van der Waals surface area contributed by atoms with Crippen molar-refractivity contribution in [1.82, 2.24) is 14.5 Å². The molecule has 3 aromatic rings. The minimum atomic E-state index is -0.628. The molecule has 3 N–H and O–H groups in total. The number of nitrogens with zero attached hydrogens (tertiary/aromatic N) is 3. The number of aryl methyl sites for hydroxylation is 1. The van der Waals surface area contributed by atoms with Crippen molar-refractivity contribution in [1.29, 1.82) is 0 Å². The molecule has 2 aromatic heterocycles. The van der Waals surface area contributed by atoms with Crippen molar-refractivity contribution in [3.05, 3.63) is 46.0 Å². The lowest BCUT2D eigenvalue weighted by Crippen LogP contribution is -2.45. The number of primary amides is 1. The number of hydrogen-bond acceptors (Lipinski definition) is 5. The van der Waals surface area contributed by atoms with Crippen LogP contribution in [0.3, 0.4) is 0 Å². The summed E-state index contributed by atoms with van der Waals surface area (Å²) in [4.78, 5) is 44.5. The zero-order chi connectivity index (χ0) is 21.7. The largest absolute Gasteiger partial charge is 0.351 e. The number of likely N-dealkylation sites (tertiary alicyclic amines) is 1. The molecule has 1 saturated carbocycles. The molecule has 2 aliphatic rings. The third kappa shape index (κ3) is 3.68. The number of carbonyl (C=O) groups is 3. The molecule has 3 heterocycles. The predicted molar refractivity (Wildman–Crippen MR) is 119 cm³/mol. The number of halogens is 1. The number of anilines is 1. The summed E-state index contributed by atoms with van der Waals surface area (Å²) in [7, 11) is 0. The van der Waals surface area contributed by atoms with Gasteiger partial charge < -0.3 is 16.0 Å². The Morgan fingerprint density at radius 2 is 2.06 bits per heavy atom. The third-order valence-electron chi connectivity index (χ3n) is 6.04. The summed E-state index contributed by atoms with van der Waals surface area (Å²) in [5.74, 6) is 0.427. The second kappa shape index (κ2) is 7.65. The van der Waals surface area contributed by atoms with Gasteiger partial charge in [0.2, 0.25) is 0 Å². The summed E-state index contributed by atoms with van der Waals surface area (Å²) >= 11 is 7.23. The van der Waals surface area contributed by atoms with Gasteiger partial charge in [0.1, 0.15) is 0 Å². The normalized spacial score (nSPS) is 21.8. The quantitative estimate of drug-likeness (QED) is 0.605. The van der Waals surface area contributed by atoms with Crippen LogP contribution in [-0.2, 0) is 11.2 Å². The Kier molecular flexibility index (Phi) is 4.94. The molecule has 2 fully saturated rings. The van der Waals surface area contributed by atoms with Crippen molar-refractivity contribution >= 4 is 57.4 Å². The van der Waals surface area contributed by atoms with E-state index in [1.165, 1.54) is 22.1 Å². The Morgan fingerprint density at radius 1 is 1.26 bits per heavy atom. The maximum absolute atomic E-state index is 13.2. The number of piperidine rings is 1. The number of amides is 3. The number of para-hydroxylation sites is 1. The number of aromatic nitrogens is 2. The number of nitrogens with one attached hydrogen (secondary N) is 1. The monoisotopic (exact) mass is 457 g/mol. The number of thiazole rings is 1. The van der Waals surface area contributed by atoms with Crippen molar-refractivity contribution in [3.8, 4) is 0 Å². The fraction of sp³-hybridized carbons (Fsp3) is 0.333. The first kappa shape index (κ1) is 20.0. The Hall–Kier alpha value is -2.91. The fourth-order valence-corrected chi connectivity index (χ4v) is 5.47. The van der Waals surface area contributed by atoms with Crippen LogP contribution < -0.4 is 11.1 Å². The zero-order valence-electron chi connectivity index (χ0n) is 16.5. The molecule has 5 rings (SSSR count). The summed E-state index contributed by atoms with van der Waals surface area (Å²) in [6.45, 7) is 0. The number of urea groups is 1. The molecule has 0 spiro atoms. The van der Waals surface area contributed by atoms with Crippen LogP contribution in [0, 0.1) is 5.92 Å². The van der Waals surface area contributed by atoms with Crippen LogP contribution in [0.5, 0.6) is 0 Å². The molecule has 3 atom stereocenters. The van der Waals surface area contributed by atoms with Crippen molar-refractivity contribution in [2.24, 2.45) is 11.7 Å². The zero-order valence-corrected chi connectivity index (χ0v) is 18.0. The van der Waals surface area contributed by atoms with Gasteiger partial charge in [-0.15, -0.1) is 11.3 Å². The van der Waals surface area contributed by atoms with Crippen LogP contribution in [0.1, 0.15) is 24.1 Å². The van der Waals surface area contributed by atoms with E-state index in [0.717, 1.165) is 11.3 Å². The highest BCUT2D eigenvalue weighted by Crippen LogP contribution is 2.48. The van der Waals surface area contributed by atoms with E-state index in [0.29, 0.717) is 46.2 Å². The number of Topliss-reactive ketones (excluding diaryl/α,β-unsaturated/α-hetero) is 1. The van der Waals surface area contributed by atoms with Crippen LogP contribution in [0.25, 0.3) is 10.9 Å². The number of hydrogen-bond donors (Lipinski definition) is 2. The molecule has 1 aliphatic carbocycles. The standard InChI is InChI=1S/C21H20ClN5O3S/c22-19-24-9-12(31-19)5-6-18(28)17-8-11-7-16(11)27(17)21(30)25-14-10-26(20(23)29)15-4-2-1-3-13(14)15/h1-4,9-11,16-17H,5-8H2,(H2,23,29)(H,25,30)/t11?,16?,17-/m0/s1. The Morgan fingerprint density at radius 3 is 2.81 bits per heavy atom. The summed E-state index contributed by atoms with van der Waals surface area (Å²) < 4.78 is 1.76. The van der Waals surface area contributed by atoms with Crippen molar-refractivity contribution in [2.45, 2.75) is 37.8 Å². The minimum absolute atomic E-state index is 0.0476. The first-order valence-corrected chi connectivity index (χ1v) is 11.2. The third-order valence-corrected chi connectivity index (χ3v) is 7.22. The van der Waals surface area contributed by atoms with E-state index in [4.69, 9.17) is 17.3 Å². The molecule has 160 valence electrons. The highest BCUT2D eigenvalue weighted by Gasteiger charge is 2.55. The number of carbonyl (C=O) groups excluding carboxylic acids is 3. The second-order valence-corrected chi connectivity index (χ2v) is 9.66. The van der Waals surface area contributed by atoms with Gasteiger partial charge in [-0.3, -0.25) is 9.36 Å². The predicted octanol–water partition coefficient (Wildman–Crippen LogP) is 3.87. The Labute approximate surface area is 187 Å². The molecule has 0 bridgehead atoms. The average Bonchev–Trinajstić information content (AvgIpc) is 3.08. The molecule has 2 unspecified atom stereocenters. The lowest BCUT2D eigenvalue weighted by Gasteiger charge is -2.26. The minimum Gasteiger partial charge on any atom is -0.351 e. The number of nitrogens with two attached hydrogens (primary N) is 1. The van der Waals surface area contributed by atoms with Crippen molar-refractivity contribution < 1.29 is 14.4 Å². The van der Waals surface area contributed by atoms with Crippen LogP contribution >= 0.6 is 22.9 Å². The number of rotatable bonds is 5. The van der Waals surface area contributed by atoms with Gasteiger partial charge >= 0.3 is 12.1 Å². The van der Waals surface area contributed by atoms with Gasteiger partial charge in [-0.05, 0) is 31.2 Å². The van der Waals surface area contributed by atoms with Crippen LogP contribution in [0.2, 0.25) is 4.47 Å². The molecular formula is C21H20ClN5O3S. The lowest BCUT2D eigenvalue weighted by molar-refractivity contribution is -0.122. The van der Waals surface area contributed by atoms with E-state index in [2.05, 4.69) is 10.3 Å². The molecular weight excluding hydrogens is 438 g/mol. The van der Waals surface area contributed by atoms with Gasteiger partial charge in [0.25, 0.3) is 0 Å². The van der Waals surface area contributed by atoms with Gasteiger partial charge in [0, 0.05) is 35.1 Å². The van der Waals surface area contributed by atoms with Gasteiger partial charge in [-0.25, -0.2) is 14.6 Å². The summed E-state index contributed by atoms with van der Waals surface area (Å²) in [5.41, 5.74) is 6.58. The number of benzene rings is 1. The maximum atomic E-state index is 13.2. The highest BCUT2D eigenvalue weighted by atomic mass is 35.5. The smallest absolute Gasteiger partial charge is 0.323 e. The van der Waals surface area contributed by atoms with Gasteiger partial charge in [-0.1, -0.05) is 29.8 Å². The number of fused-ring (bicyclic) bond motifs is 2. The van der Waals surface area contributed by atoms with Crippen molar-refractivity contribution in [3.63, 3.8) is 0 Å². The fourth-order valence-electron chi connectivity index (χ4n) is 4.49. The summed E-state index contributed by atoms with van der Waals surface area (Å²) in [6, 6.07) is 5.92. The first-order chi connectivity index (χ1) is 14.9. The molecule has 3 amide bonds. The second-order valence-electron chi connectivity index (χ2n) is 7.97. The molecule has 31 heavy (non-hydrogen) atoms. The maximum Gasteiger partial charge on any atom is 0.323 e. The van der Waals surface area contributed by atoms with E-state index in [9.17, 15) is 14.4 Å². The topological polar surface area (TPSA) is 110 Å². The molecule has 0 radical (unpaired) electrons. The van der Waals surface area contributed by atoms with Crippen molar-refractivity contribution in [2.75, 3.05) is 5.32 Å². The van der Waals surface area contributed by atoms with Gasteiger partial charge in [0.05, 0.1) is 17.2 Å². The molecule has 1 saturated heterocycles. The van der Waals surface area contributed by atoms with E-state index in [-0.39, 0.29) is 17.9 Å². The van der Waals surface area contributed by atoms with Crippen LogP contribution in [0.15, 0.2) is 36.7 Å². The van der Waals surface area contributed by atoms with E-state index in [1.54, 1.807) is 23.2 Å². The van der Waals surface area contributed by atoms with Crippen LogP contribution in [0.4, 0.5) is 15.3 Å². The Balaban J connectivity index is 1.33. The molecule has 10 heteroatoms. The van der Waals surface area contributed by atoms with Gasteiger partial charge in [-0.2, -0.15) is 0 Å². The Bertz CT molecular complexity index is 1200. The van der Waals surface area contributed by atoms with E-state index in [1.807, 2.05) is 12.1 Å². The first-order valence-electron chi connectivity index (χ1n) is 10.0. The van der Waals surface area contributed by atoms with Crippen LogP contribution in [-0.4, -0.2) is 44.4 Å². The highest BCUT2D eigenvalue weighted by molar-refractivity contribution is 7.15. The molecule has 8 nitrogen and oxygen atoms in total. The van der Waals surface area contributed by atoms with Gasteiger partial charge in [0.15, 0.2) is 10.3 Å². The molecule has 1 aliphatic heterocycles. The summed E-state index contributed by atoms with van der Waals surface area (Å²) in [6.07, 6.45) is 5.74. The lowest BCUT2D eigenvalue weighted by atomic mass is 10.0. The van der Waals surface area contributed by atoms with E-state index < -0.39 is 12.1 Å². The number of ketones is 1. The average molecular weight is 458 g/mol. The summed E-state index contributed by atoms with van der Waals surface area (Å²) in [5, 5.41) is 3.62.